The molecule has 0 aliphatic heterocycles. The van der Waals surface area contributed by atoms with E-state index >= 15 is 0 Å². The van der Waals surface area contributed by atoms with Gasteiger partial charge in [-0.15, -0.1) is 0 Å². The van der Waals surface area contributed by atoms with Gasteiger partial charge >= 0.3 is 5.97 Å². The zero-order valence-electron chi connectivity index (χ0n) is 11.7. The van der Waals surface area contributed by atoms with Gasteiger partial charge in [-0.2, -0.15) is 0 Å². The van der Waals surface area contributed by atoms with Crippen LogP contribution in [0.15, 0.2) is 0 Å². The van der Waals surface area contributed by atoms with Crippen molar-refractivity contribution < 1.29 is 14.7 Å². The summed E-state index contributed by atoms with van der Waals surface area (Å²) in [6.07, 6.45) is 5.39. The van der Waals surface area contributed by atoms with E-state index in [2.05, 4.69) is 0 Å². The Morgan fingerprint density at radius 1 is 1.17 bits per heavy atom. The van der Waals surface area contributed by atoms with Crippen LogP contribution in [0.5, 0.6) is 0 Å². The van der Waals surface area contributed by atoms with Crippen LogP contribution in [-0.4, -0.2) is 34.0 Å². The third-order valence-corrected chi connectivity index (χ3v) is 3.58. The normalized spacial score (nSPS) is 17.5. The summed E-state index contributed by atoms with van der Waals surface area (Å²) in [5.74, 6) is -0.601. The largest absolute Gasteiger partial charge is 0.481 e. The summed E-state index contributed by atoms with van der Waals surface area (Å²) in [4.78, 5) is 24.9. The molecule has 1 aliphatic carbocycles. The lowest BCUT2D eigenvalue weighted by atomic mass is 9.87. The molecule has 0 bridgehead atoms. The Balaban J connectivity index is 2.68. The lowest BCUT2D eigenvalue weighted by Crippen LogP contribution is -2.49. The van der Waals surface area contributed by atoms with Crippen LogP contribution in [0.1, 0.15) is 59.3 Å². The summed E-state index contributed by atoms with van der Waals surface area (Å²) in [5.41, 5.74) is -0.302. The number of rotatable bonds is 4. The molecule has 0 unspecified atom stereocenters. The van der Waals surface area contributed by atoms with Gasteiger partial charge in [0.2, 0.25) is 5.91 Å². The van der Waals surface area contributed by atoms with Crippen LogP contribution in [-0.2, 0) is 9.59 Å². The number of carbonyl (C=O) groups is 2. The number of nitrogens with zero attached hydrogens (tertiary/aromatic N) is 1. The van der Waals surface area contributed by atoms with E-state index < -0.39 is 5.97 Å². The Bertz CT molecular complexity index is 301. The van der Waals surface area contributed by atoms with E-state index in [0.29, 0.717) is 6.54 Å². The van der Waals surface area contributed by atoms with Gasteiger partial charge in [-0.25, -0.2) is 0 Å². The van der Waals surface area contributed by atoms with Gasteiger partial charge in [-0.1, -0.05) is 19.3 Å². The minimum Gasteiger partial charge on any atom is -0.481 e. The molecule has 0 aromatic carbocycles. The monoisotopic (exact) mass is 255 g/mol. The lowest BCUT2D eigenvalue weighted by molar-refractivity contribution is -0.143. The summed E-state index contributed by atoms with van der Waals surface area (Å²) in [5, 5.41) is 8.78. The smallest absolute Gasteiger partial charge is 0.305 e. The van der Waals surface area contributed by atoms with Crippen LogP contribution >= 0.6 is 0 Å². The first-order valence-corrected chi connectivity index (χ1v) is 6.85. The van der Waals surface area contributed by atoms with Crippen LogP contribution in [0.4, 0.5) is 0 Å². The zero-order chi connectivity index (χ0) is 13.8. The highest BCUT2D eigenvalue weighted by Gasteiger charge is 2.32. The van der Waals surface area contributed by atoms with E-state index in [1.165, 1.54) is 6.42 Å². The molecule has 0 heterocycles. The van der Waals surface area contributed by atoms with Gasteiger partial charge in [-0.3, -0.25) is 9.59 Å². The highest BCUT2D eigenvalue weighted by Crippen LogP contribution is 2.28. The molecule has 0 saturated heterocycles. The first-order valence-electron chi connectivity index (χ1n) is 6.85. The molecule has 0 spiro atoms. The fraction of sp³-hybridized carbons (Fsp3) is 0.857. The van der Waals surface area contributed by atoms with Crippen molar-refractivity contribution in [2.75, 3.05) is 6.54 Å². The maximum atomic E-state index is 12.5. The molecule has 1 fully saturated rings. The number of aliphatic carboxylic acids is 1. The van der Waals surface area contributed by atoms with E-state index in [0.717, 1.165) is 25.7 Å². The Morgan fingerprint density at radius 2 is 1.72 bits per heavy atom. The summed E-state index contributed by atoms with van der Waals surface area (Å²) in [6.45, 7) is 6.22. The molecular weight excluding hydrogens is 230 g/mol. The van der Waals surface area contributed by atoms with Crippen molar-refractivity contribution in [1.29, 1.82) is 0 Å². The molecule has 1 rings (SSSR count). The Kier molecular flexibility index (Phi) is 5.17. The SMILES string of the molecule is CC(C)(C)N(CCC(=O)O)C(=O)C1CCCCC1. The highest BCUT2D eigenvalue weighted by molar-refractivity contribution is 5.80. The Labute approximate surface area is 109 Å². The van der Waals surface area contributed by atoms with Crippen molar-refractivity contribution in [3.63, 3.8) is 0 Å². The maximum absolute atomic E-state index is 12.5. The molecule has 4 heteroatoms. The van der Waals surface area contributed by atoms with Crippen molar-refractivity contribution in [2.45, 2.75) is 64.8 Å². The predicted molar refractivity (Wildman–Crippen MR) is 70.3 cm³/mol. The molecule has 1 N–H and O–H groups in total. The predicted octanol–water partition coefficient (Wildman–Crippen LogP) is 2.67. The third kappa shape index (κ3) is 4.31. The number of amides is 1. The average Bonchev–Trinajstić information content (AvgIpc) is 2.28. The van der Waals surface area contributed by atoms with Gasteiger partial charge in [-0.05, 0) is 33.6 Å². The topological polar surface area (TPSA) is 57.6 Å². The standard InChI is InChI=1S/C14H25NO3/c1-14(2,3)15(10-9-12(16)17)13(18)11-7-5-4-6-8-11/h11H,4-10H2,1-3H3,(H,16,17). The molecule has 18 heavy (non-hydrogen) atoms. The molecule has 4 nitrogen and oxygen atoms in total. The van der Waals surface area contributed by atoms with Gasteiger partial charge in [0, 0.05) is 18.0 Å². The van der Waals surface area contributed by atoms with E-state index in [1.807, 2.05) is 20.8 Å². The van der Waals surface area contributed by atoms with Gasteiger partial charge in [0.05, 0.1) is 6.42 Å². The summed E-state index contributed by atoms with van der Waals surface area (Å²) < 4.78 is 0. The molecule has 0 aromatic rings. The average molecular weight is 255 g/mol. The zero-order valence-corrected chi connectivity index (χ0v) is 11.7. The van der Waals surface area contributed by atoms with Gasteiger partial charge in [0.1, 0.15) is 0 Å². The second kappa shape index (κ2) is 6.21. The second-order valence-electron chi connectivity index (χ2n) is 6.14. The van der Waals surface area contributed by atoms with E-state index in [9.17, 15) is 9.59 Å². The molecule has 0 atom stereocenters. The fourth-order valence-corrected chi connectivity index (χ4v) is 2.55. The number of carbonyl (C=O) groups excluding carboxylic acids is 1. The minimum absolute atomic E-state index is 0.0235. The highest BCUT2D eigenvalue weighted by atomic mass is 16.4. The molecular formula is C14H25NO3. The fourth-order valence-electron chi connectivity index (χ4n) is 2.55. The number of hydrogen-bond acceptors (Lipinski definition) is 2. The van der Waals surface area contributed by atoms with Crippen LogP contribution in [0.2, 0.25) is 0 Å². The van der Waals surface area contributed by atoms with E-state index in [4.69, 9.17) is 5.11 Å². The molecule has 0 aromatic heterocycles. The van der Waals surface area contributed by atoms with Crippen molar-refractivity contribution in [3.05, 3.63) is 0 Å². The third-order valence-electron chi connectivity index (χ3n) is 3.58. The van der Waals surface area contributed by atoms with Crippen molar-refractivity contribution in [2.24, 2.45) is 5.92 Å². The molecule has 104 valence electrons. The van der Waals surface area contributed by atoms with E-state index in [1.54, 1.807) is 4.90 Å². The lowest BCUT2D eigenvalue weighted by Gasteiger charge is -2.38. The van der Waals surface area contributed by atoms with E-state index in [-0.39, 0.29) is 23.8 Å². The first-order chi connectivity index (χ1) is 8.32. The molecule has 1 aliphatic rings. The number of carboxylic acids is 1. The van der Waals surface area contributed by atoms with Crippen molar-refractivity contribution in [1.82, 2.24) is 4.90 Å². The number of carboxylic acid groups (broad SMARTS) is 1. The van der Waals surface area contributed by atoms with Gasteiger partial charge in [0.15, 0.2) is 0 Å². The molecule has 0 radical (unpaired) electrons. The minimum atomic E-state index is -0.847. The first kappa shape index (κ1) is 15.0. The van der Waals surface area contributed by atoms with Crippen LogP contribution in [0.3, 0.4) is 0 Å². The van der Waals surface area contributed by atoms with Crippen LogP contribution in [0.25, 0.3) is 0 Å². The number of hydrogen-bond donors (Lipinski definition) is 1. The maximum Gasteiger partial charge on any atom is 0.305 e. The van der Waals surface area contributed by atoms with Crippen LogP contribution < -0.4 is 0 Å². The molecule has 1 amide bonds. The second-order valence-corrected chi connectivity index (χ2v) is 6.14. The Hall–Kier alpha value is -1.06. The molecule has 1 saturated carbocycles. The summed E-state index contributed by atoms with van der Waals surface area (Å²) in [7, 11) is 0. The van der Waals surface area contributed by atoms with Crippen LogP contribution in [0, 0.1) is 5.92 Å². The van der Waals surface area contributed by atoms with Gasteiger partial charge < -0.3 is 10.0 Å². The van der Waals surface area contributed by atoms with Crippen molar-refractivity contribution in [3.8, 4) is 0 Å². The quantitative estimate of drug-likeness (QED) is 0.840. The van der Waals surface area contributed by atoms with Crippen molar-refractivity contribution >= 4 is 11.9 Å². The summed E-state index contributed by atoms with van der Waals surface area (Å²) >= 11 is 0. The van der Waals surface area contributed by atoms with Gasteiger partial charge in [0.25, 0.3) is 0 Å². The Morgan fingerprint density at radius 3 is 2.17 bits per heavy atom. The summed E-state index contributed by atoms with van der Waals surface area (Å²) in [6, 6.07) is 0.